The topological polar surface area (TPSA) is 50.2 Å². The Balaban J connectivity index is 1.80. The molecular formula is C23H30N4O. The summed E-state index contributed by atoms with van der Waals surface area (Å²) in [6.07, 6.45) is 0.348. The smallest absolute Gasteiger partial charge is 0.231 e. The molecule has 5 nitrogen and oxygen atoms in total. The second-order valence-electron chi connectivity index (χ2n) is 7.25. The quantitative estimate of drug-likeness (QED) is 0.640. The van der Waals surface area contributed by atoms with E-state index in [0.717, 1.165) is 42.8 Å². The lowest BCUT2D eigenvalue weighted by atomic mass is 10.0. The molecule has 0 spiro atoms. The average Bonchev–Trinajstić information content (AvgIpc) is 3.02. The summed E-state index contributed by atoms with van der Waals surface area (Å²) in [4.78, 5) is 19.7. The van der Waals surface area contributed by atoms with Gasteiger partial charge in [-0.3, -0.25) is 10.1 Å². The van der Waals surface area contributed by atoms with Gasteiger partial charge in [-0.15, -0.1) is 0 Å². The number of amides is 1. The van der Waals surface area contributed by atoms with E-state index in [1.807, 2.05) is 24.3 Å². The number of nitrogens with one attached hydrogen (secondary N) is 1. The van der Waals surface area contributed by atoms with E-state index >= 15 is 0 Å². The highest BCUT2D eigenvalue weighted by atomic mass is 16.1. The summed E-state index contributed by atoms with van der Waals surface area (Å²) in [6, 6.07) is 14.2. The van der Waals surface area contributed by atoms with Crippen LogP contribution in [-0.4, -0.2) is 40.0 Å². The lowest BCUT2D eigenvalue weighted by Gasteiger charge is -2.19. The Labute approximate surface area is 167 Å². The summed E-state index contributed by atoms with van der Waals surface area (Å²) in [5.74, 6) is 0.588. The molecule has 0 aliphatic heterocycles. The van der Waals surface area contributed by atoms with E-state index in [2.05, 4.69) is 65.7 Å². The number of aromatic nitrogens is 2. The third kappa shape index (κ3) is 4.60. The molecule has 0 saturated carbocycles. The molecule has 0 atom stereocenters. The summed E-state index contributed by atoms with van der Waals surface area (Å²) in [5, 5.41) is 3.04. The molecule has 0 radical (unpaired) electrons. The Kier molecular flexibility index (Phi) is 6.47. The number of aryl methyl sites for hydroxylation is 2. The molecule has 0 saturated heterocycles. The van der Waals surface area contributed by atoms with E-state index in [-0.39, 0.29) is 5.91 Å². The lowest BCUT2D eigenvalue weighted by molar-refractivity contribution is -0.115. The van der Waals surface area contributed by atoms with Crippen molar-refractivity contribution in [3.05, 3.63) is 59.2 Å². The van der Waals surface area contributed by atoms with Crippen molar-refractivity contribution >= 4 is 22.9 Å². The molecule has 0 bridgehead atoms. The number of nitrogens with zero attached hydrogens (tertiary/aromatic N) is 3. The zero-order valence-corrected chi connectivity index (χ0v) is 17.3. The second kappa shape index (κ2) is 9.02. The predicted octanol–water partition coefficient (Wildman–Crippen LogP) is 4.18. The second-order valence-corrected chi connectivity index (χ2v) is 7.25. The molecule has 3 aromatic rings. The van der Waals surface area contributed by atoms with Gasteiger partial charge in [0.1, 0.15) is 0 Å². The van der Waals surface area contributed by atoms with E-state index in [1.165, 1.54) is 11.1 Å². The molecule has 1 N–H and O–H groups in total. The number of carbonyl (C=O) groups excluding carboxylic acids is 1. The van der Waals surface area contributed by atoms with Gasteiger partial charge in [0.2, 0.25) is 11.9 Å². The highest BCUT2D eigenvalue weighted by Crippen LogP contribution is 2.20. The summed E-state index contributed by atoms with van der Waals surface area (Å²) >= 11 is 0. The van der Waals surface area contributed by atoms with Crippen LogP contribution in [-0.2, 0) is 17.8 Å². The van der Waals surface area contributed by atoms with E-state index in [9.17, 15) is 4.79 Å². The van der Waals surface area contributed by atoms with Crippen LogP contribution in [0.3, 0.4) is 0 Å². The third-order valence-corrected chi connectivity index (χ3v) is 5.38. The number of anilines is 1. The van der Waals surface area contributed by atoms with Gasteiger partial charge in [-0.05, 0) is 55.8 Å². The van der Waals surface area contributed by atoms with Gasteiger partial charge >= 0.3 is 0 Å². The maximum atomic E-state index is 12.7. The van der Waals surface area contributed by atoms with Crippen LogP contribution >= 0.6 is 0 Å². The summed E-state index contributed by atoms with van der Waals surface area (Å²) < 4.78 is 2.12. The fraction of sp³-hybridized carbons (Fsp3) is 0.391. The Morgan fingerprint density at radius 2 is 1.82 bits per heavy atom. The normalized spacial score (nSPS) is 11.3. The number of rotatable bonds is 8. The van der Waals surface area contributed by atoms with Gasteiger partial charge < -0.3 is 9.47 Å². The lowest BCUT2D eigenvalue weighted by Crippen LogP contribution is -2.28. The van der Waals surface area contributed by atoms with Gasteiger partial charge in [0.05, 0.1) is 17.5 Å². The SMILES string of the molecule is CCN(CC)CCn1c(NC(=O)Cc2ccc(C)c(C)c2)nc2ccccc21. The highest BCUT2D eigenvalue weighted by molar-refractivity contribution is 5.92. The Morgan fingerprint density at radius 1 is 1.07 bits per heavy atom. The minimum atomic E-state index is -0.0392. The van der Waals surface area contributed by atoms with Crippen molar-refractivity contribution in [3.8, 4) is 0 Å². The number of benzene rings is 2. The van der Waals surface area contributed by atoms with Crippen molar-refractivity contribution in [1.82, 2.24) is 14.5 Å². The number of para-hydroxylation sites is 2. The molecule has 1 aromatic heterocycles. The molecule has 1 amide bonds. The van der Waals surface area contributed by atoms with E-state index in [1.54, 1.807) is 0 Å². The Hall–Kier alpha value is -2.66. The molecule has 5 heteroatoms. The monoisotopic (exact) mass is 378 g/mol. The average molecular weight is 379 g/mol. The molecule has 28 heavy (non-hydrogen) atoms. The molecule has 2 aromatic carbocycles. The minimum Gasteiger partial charge on any atom is -0.309 e. The van der Waals surface area contributed by atoms with Crippen molar-refractivity contribution < 1.29 is 4.79 Å². The Morgan fingerprint density at radius 3 is 2.54 bits per heavy atom. The van der Waals surface area contributed by atoms with Crippen molar-refractivity contribution in [2.24, 2.45) is 0 Å². The fourth-order valence-corrected chi connectivity index (χ4v) is 3.45. The van der Waals surface area contributed by atoms with E-state index < -0.39 is 0 Å². The summed E-state index contributed by atoms with van der Waals surface area (Å²) in [6.45, 7) is 12.2. The van der Waals surface area contributed by atoms with Gasteiger partial charge in [-0.2, -0.15) is 0 Å². The van der Waals surface area contributed by atoms with Crippen LogP contribution in [0.5, 0.6) is 0 Å². The fourth-order valence-electron chi connectivity index (χ4n) is 3.45. The summed E-state index contributed by atoms with van der Waals surface area (Å²) in [7, 11) is 0. The standard InChI is InChI=1S/C23H30N4O/c1-5-26(6-2)13-14-27-21-10-8-7-9-20(21)24-23(27)25-22(28)16-19-12-11-17(3)18(4)15-19/h7-12,15H,5-6,13-14,16H2,1-4H3,(H,24,25,28). The molecular weight excluding hydrogens is 348 g/mol. The third-order valence-electron chi connectivity index (χ3n) is 5.38. The molecule has 3 rings (SSSR count). The largest absolute Gasteiger partial charge is 0.309 e. The van der Waals surface area contributed by atoms with Crippen molar-refractivity contribution in [2.75, 3.05) is 25.0 Å². The number of imidazole rings is 1. The molecule has 0 aliphatic rings. The van der Waals surface area contributed by atoms with Crippen LogP contribution in [0.15, 0.2) is 42.5 Å². The molecule has 148 valence electrons. The summed E-state index contributed by atoms with van der Waals surface area (Å²) in [5.41, 5.74) is 5.42. The van der Waals surface area contributed by atoms with Crippen LogP contribution in [0.4, 0.5) is 5.95 Å². The first-order chi connectivity index (χ1) is 13.5. The van der Waals surface area contributed by atoms with Gasteiger partial charge in [0, 0.05) is 13.1 Å². The first-order valence-corrected chi connectivity index (χ1v) is 10.1. The number of hydrogen-bond donors (Lipinski definition) is 1. The highest BCUT2D eigenvalue weighted by Gasteiger charge is 2.14. The number of hydrogen-bond acceptors (Lipinski definition) is 3. The maximum Gasteiger partial charge on any atom is 0.231 e. The van der Waals surface area contributed by atoms with E-state index in [4.69, 9.17) is 0 Å². The van der Waals surface area contributed by atoms with E-state index in [0.29, 0.717) is 12.4 Å². The van der Waals surface area contributed by atoms with Crippen molar-refractivity contribution in [1.29, 1.82) is 0 Å². The zero-order chi connectivity index (χ0) is 20.1. The van der Waals surface area contributed by atoms with Gasteiger partial charge in [-0.25, -0.2) is 4.98 Å². The molecule has 0 fully saturated rings. The molecule has 0 aliphatic carbocycles. The van der Waals surface area contributed by atoms with Crippen LogP contribution in [0.2, 0.25) is 0 Å². The number of carbonyl (C=O) groups is 1. The van der Waals surface area contributed by atoms with Crippen LogP contribution in [0.25, 0.3) is 11.0 Å². The Bertz CT molecular complexity index is 956. The van der Waals surface area contributed by atoms with Gasteiger partial charge in [-0.1, -0.05) is 44.2 Å². The minimum absolute atomic E-state index is 0.0392. The number of fused-ring (bicyclic) bond motifs is 1. The zero-order valence-electron chi connectivity index (χ0n) is 17.3. The predicted molar refractivity (Wildman–Crippen MR) is 116 cm³/mol. The van der Waals surface area contributed by atoms with Crippen LogP contribution in [0.1, 0.15) is 30.5 Å². The van der Waals surface area contributed by atoms with Crippen molar-refractivity contribution in [3.63, 3.8) is 0 Å². The van der Waals surface area contributed by atoms with Gasteiger partial charge in [0.15, 0.2) is 0 Å². The number of likely N-dealkylation sites (N-methyl/N-ethyl adjacent to an activating group) is 1. The van der Waals surface area contributed by atoms with Crippen LogP contribution < -0.4 is 5.32 Å². The van der Waals surface area contributed by atoms with Crippen LogP contribution in [0, 0.1) is 13.8 Å². The van der Waals surface area contributed by atoms with Crippen molar-refractivity contribution in [2.45, 2.75) is 40.7 Å². The maximum absolute atomic E-state index is 12.7. The molecule has 0 unspecified atom stereocenters. The first-order valence-electron chi connectivity index (χ1n) is 10.1. The van der Waals surface area contributed by atoms with Gasteiger partial charge in [0.25, 0.3) is 0 Å². The first kappa shape index (κ1) is 20.1. The molecule has 1 heterocycles.